The van der Waals surface area contributed by atoms with E-state index in [2.05, 4.69) is 39.7 Å². The molecule has 5 aromatic rings. The van der Waals surface area contributed by atoms with Gasteiger partial charge in [-0.25, -0.2) is 42.3 Å². The van der Waals surface area contributed by atoms with Gasteiger partial charge in [0, 0.05) is 47.7 Å². The summed E-state index contributed by atoms with van der Waals surface area (Å²) in [5.74, 6) is 0.102. The van der Waals surface area contributed by atoms with Crippen molar-refractivity contribution in [3.05, 3.63) is 102 Å². The van der Waals surface area contributed by atoms with Crippen molar-refractivity contribution in [3.63, 3.8) is 0 Å². The fraction of sp³-hybridized carbons (Fsp3) is 0.378. The summed E-state index contributed by atoms with van der Waals surface area (Å²) < 4.78 is 85.1. The highest BCUT2D eigenvalue weighted by Gasteiger charge is 2.27. The van der Waals surface area contributed by atoms with Crippen molar-refractivity contribution in [2.24, 2.45) is 0 Å². The molecule has 2 atom stereocenters. The number of benzene rings is 3. The largest absolute Gasteiger partial charge is 0.465 e. The minimum Gasteiger partial charge on any atom is -0.465 e. The average Bonchev–Trinajstić information content (AvgIpc) is 3.26. The minimum absolute atomic E-state index is 0.00895. The molecule has 4 heterocycles. The first kappa shape index (κ1) is 50.1. The SMILES string of the molecule is COS(=O)(=O)Cc1cc(N2CCOC[C@@H]2C)nc(-c2ccc(NC(=O)OC(C)(C)C)cc2)n1.C[C@H]1COCCN1c1cc(CS(=O)(=O)c2ccccc2F)nc(-c2ccc(NC(=O)O)cc2)n1. The van der Waals surface area contributed by atoms with Crippen LogP contribution in [-0.2, 0) is 49.9 Å². The number of carbonyl (C=O) groups is 2. The Kier molecular flexibility index (Phi) is 16.1. The van der Waals surface area contributed by atoms with Crippen LogP contribution >= 0.6 is 0 Å². The number of nitrogens with zero attached hydrogens (tertiary/aromatic N) is 6. The molecule has 0 bridgehead atoms. The predicted molar refractivity (Wildman–Crippen MR) is 249 cm³/mol. The molecule has 2 aliphatic heterocycles. The summed E-state index contributed by atoms with van der Waals surface area (Å²) in [4.78, 5) is 44.8. The van der Waals surface area contributed by atoms with Crippen LogP contribution in [-0.4, -0.2) is 118 Å². The summed E-state index contributed by atoms with van der Waals surface area (Å²) in [6, 6.07) is 21.9. The van der Waals surface area contributed by atoms with E-state index in [1.165, 1.54) is 18.2 Å². The highest BCUT2D eigenvalue weighted by atomic mass is 32.2. The average molecular weight is 965 g/mol. The van der Waals surface area contributed by atoms with Crippen molar-refractivity contribution in [1.82, 2.24) is 19.9 Å². The number of ether oxygens (including phenoxy) is 3. The molecule has 358 valence electrons. The van der Waals surface area contributed by atoms with E-state index >= 15 is 0 Å². The predicted octanol–water partition coefficient (Wildman–Crippen LogP) is 6.76. The van der Waals surface area contributed by atoms with Crippen LogP contribution in [0.2, 0.25) is 0 Å². The van der Waals surface area contributed by atoms with E-state index in [1.54, 1.807) is 81.4 Å². The lowest BCUT2D eigenvalue weighted by Gasteiger charge is -2.34. The van der Waals surface area contributed by atoms with E-state index in [9.17, 15) is 30.8 Å². The molecule has 0 unspecified atom stereocenters. The molecule has 0 saturated carbocycles. The van der Waals surface area contributed by atoms with Crippen molar-refractivity contribution >= 4 is 55.2 Å². The van der Waals surface area contributed by atoms with Gasteiger partial charge in [0.1, 0.15) is 33.7 Å². The van der Waals surface area contributed by atoms with Crippen molar-refractivity contribution < 1.29 is 54.3 Å². The van der Waals surface area contributed by atoms with Crippen LogP contribution in [0.1, 0.15) is 46.0 Å². The zero-order chi connectivity index (χ0) is 48.5. The highest BCUT2D eigenvalue weighted by molar-refractivity contribution is 7.90. The standard InChI is InChI=1S/C23H23FN4O5S.C22H30N4O6S/c1-15-13-33-11-10-28(15)21-12-18(14-34(31,32)20-5-3-2-4-19(20)24)25-22(27-21)16-6-8-17(9-7-16)26-23(29)30;1-15-13-31-11-10-26(15)19-12-18(14-33(28,29)30-5)23-20(25-19)16-6-8-17(9-7-16)24-21(27)32-22(2,3)4/h2-9,12,15,26H,10-11,13-14H2,1H3,(H,29,30);6-9,12,15H,10-11,13-14H2,1-5H3,(H,24,27)/t2*15-/m00/s1. The molecule has 2 aliphatic rings. The third-order valence-corrected chi connectivity index (χ3v) is 13.0. The first-order chi connectivity index (χ1) is 31.7. The Morgan fingerprint density at radius 1 is 0.746 bits per heavy atom. The maximum atomic E-state index is 14.2. The van der Waals surface area contributed by atoms with Gasteiger partial charge in [-0.2, -0.15) is 8.42 Å². The number of nitrogens with one attached hydrogen (secondary N) is 2. The van der Waals surface area contributed by atoms with Crippen LogP contribution in [0.3, 0.4) is 0 Å². The van der Waals surface area contributed by atoms with Crippen molar-refractivity contribution in [3.8, 4) is 22.8 Å². The summed E-state index contributed by atoms with van der Waals surface area (Å²) >= 11 is 0. The molecule has 0 aliphatic carbocycles. The molecule has 2 amide bonds. The van der Waals surface area contributed by atoms with Crippen LogP contribution in [0.25, 0.3) is 22.8 Å². The number of sulfone groups is 1. The number of carboxylic acid groups (broad SMARTS) is 1. The van der Waals surface area contributed by atoms with E-state index in [0.717, 1.165) is 13.2 Å². The van der Waals surface area contributed by atoms with Gasteiger partial charge in [-0.15, -0.1) is 0 Å². The van der Waals surface area contributed by atoms with E-state index in [0.29, 0.717) is 85.2 Å². The molecular formula is C45H53FN8O11S2. The van der Waals surface area contributed by atoms with Gasteiger partial charge in [0.15, 0.2) is 21.5 Å². The first-order valence-electron chi connectivity index (χ1n) is 21.1. The van der Waals surface area contributed by atoms with Crippen LogP contribution in [0.5, 0.6) is 0 Å². The molecule has 19 nitrogen and oxygen atoms in total. The van der Waals surface area contributed by atoms with Gasteiger partial charge in [-0.3, -0.25) is 14.8 Å². The smallest absolute Gasteiger partial charge is 0.412 e. The van der Waals surface area contributed by atoms with Gasteiger partial charge in [-0.1, -0.05) is 12.1 Å². The number of hydrogen-bond acceptors (Lipinski definition) is 16. The Morgan fingerprint density at radius 3 is 1.67 bits per heavy atom. The van der Waals surface area contributed by atoms with E-state index < -0.39 is 49.3 Å². The third kappa shape index (κ3) is 14.1. The Morgan fingerprint density at radius 2 is 1.22 bits per heavy atom. The van der Waals surface area contributed by atoms with Gasteiger partial charge in [0.2, 0.25) is 0 Å². The lowest BCUT2D eigenvalue weighted by molar-refractivity contribution is 0.0635. The van der Waals surface area contributed by atoms with E-state index in [-0.39, 0.29) is 34.3 Å². The lowest BCUT2D eigenvalue weighted by Crippen LogP contribution is -2.44. The van der Waals surface area contributed by atoms with Crippen LogP contribution < -0.4 is 20.4 Å². The summed E-state index contributed by atoms with van der Waals surface area (Å²) in [5.41, 5.74) is 2.10. The molecule has 7 rings (SSSR count). The Bertz CT molecular complexity index is 2760. The number of halogens is 1. The molecule has 2 fully saturated rings. The molecule has 0 spiro atoms. The van der Waals surface area contributed by atoms with Crippen LogP contribution in [0.4, 0.5) is 37.0 Å². The number of amides is 2. The van der Waals surface area contributed by atoms with Gasteiger partial charge < -0.3 is 29.1 Å². The molecule has 0 radical (unpaired) electrons. The zero-order valence-electron chi connectivity index (χ0n) is 37.8. The van der Waals surface area contributed by atoms with Gasteiger partial charge in [-0.05, 0) is 95.3 Å². The number of aromatic nitrogens is 4. The summed E-state index contributed by atoms with van der Waals surface area (Å²) in [5, 5.41) is 13.8. The fourth-order valence-electron chi connectivity index (χ4n) is 6.96. The minimum atomic E-state index is -4.01. The number of hydrogen-bond donors (Lipinski definition) is 3. The molecule has 22 heteroatoms. The second-order valence-corrected chi connectivity index (χ2v) is 20.3. The molecule has 2 aromatic heterocycles. The monoisotopic (exact) mass is 964 g/mol. The number of anilines is 4. The van der Waals surface area contributed by atoms with Crippen molar-refractivity contribution in [2.75, 3.05) is 67.1 Å². The summed E-state index contributed by atoms with van der Waals surface area (Å²) in [6.45, 7) is 12.7. The maximum Gasteiger partial charge on any atom is 0.412 e. The van der Waals surface area contributed by atoms with E-state index in [1.807, 2.05) is 18.7 Å². The molecule has 2 saturated heterocycles. The quantitative estimate of drug-likeness (QED) is 0.109. The maximum absolute atomic E-state index is 14.2. The number of morpholine rings is 2. The molecule has 3 N–H and O–H groups in total. The van der Waals surface area contributed by atoms with Gasteiger partial charge in [0.05, 0.1) is 62.8 Å². The van der Waals surface area contributed by atoms with Crippen LogP contribution in [0.15, 0.2) is 89.8 Å². The lowest BCUT2D eigenvalue weighted by atomic mass is 10.2. The fourth-order valence-corrected chi connectivity index (χ4v) is 8.93. The molecule has 67 heavy (non-hydrogen) atoms. The van der Waals surface area contributed by atoms with Gasteiger partial charge >= 0.3 is 12.2 Å². The normalized spacial score (nSPS) is 16.6. The zero-order valence-corrected chi connectivity index (χ0v) is 39.4. The van der Waals surface area contributed by atoms with Crippen molar-refractivity contribution in [1.29, 1.82) is 0 Å². The molecule has 3 aromatic carbocycles. The number of carbonyl (C=O) groups excluding carboxylic acids is 1. The first-order valence-corrected chi connectivity index (χ1v) is 24.3. The Balaban J connectivity index is 0.000000221. The highest BCUT2D eigenvalue weighted by Crippen LogP contribution is 2.28. The second kappa shape index (κ2) is 21.5. The Labute approximate surface area is 388 Å². The van der Waals surface area contributed by atoms with Crippen molar-refractivity contribution in [2.45, 2.75) is 68.7 Å². The van der Waals surface area contributed by atoms with E-state index in [4.69, 9.17) is 19.3 Å². The van der Waals surface area contributed by atoms with Crippen LogP contribution in [0, 0.1) is 5.82 Å². The summed E-state index contributed by atoms with van der Waals surface area (Å²) in [7, 11) is -6.65. The number of rotatable bonds is 12. The topological polar surface area (TPSA) is 242 Å². The summed E-state index contributed by atoms with van der Waals surface area (Å²) in [6.07, 6.45) is -1.74. The Hall–Kier alpha value is -6.33. The van der Waals surface area contributed by atoms with Gasteiger partial charge in [0.25, 0.3) is 10.1 Å². The second-order valence-electron chi connectivity index (χ2n) is 16.6. The third-order valence-electron chi connectivity index (χ3n) is 10.1. The molecular weight excluding hydrogens is 912 g/mol.